The van der Waals surface area contributed by atoms with Crippen LogP contribution in [0.25, 0.3) is 0 Å². The first kappa shape index (κ1) is 8.03. The van der Waals surface area contributed by atoms with Crippen LogP contribution in [0.5, 0.6) is 0 Å². The molecule has 74 valence electrons. The average Bonchev–Trinajstić information content (AvgIpc) is 2.72. The van der Waals surface area contributed by atoms with Crippen molar-refractivity contribution in [2.75, 3.05) is 23.7 Å². The van der Waals surface area contributed by atoms with Gasteiger partial charge in [0, 0.05) is 24.8 Å². The number of nitrogen functional groups attached to an aromatic ring is 1. The van der Waals surface area contributed by atoms with Gasteiger partial charge in [-0.1, -0.05) is 0 Å². The van der Waals surface area contributed by atoms with E-state index in [1.807, 2.05) is 6.92 Å². The van der Waals surface area contributed by atoms with Crippen LogP contribution in [0, 0.1) is 18.8 Å². The maximum atomic E-state index is 5.70. The summed E-state index contributed by atoms with van der Waals surface area (Å²) in [6.45, 7) is 4.19. The molecular weight excluding hydrogens is 176 g/mol. The first-order valence-electron chi connectivity index (χ1n) is 5.08. The second-order valence-corrected chi connectivity index (χ2v) is 4.40. The molecule has 1 aliphatic carbocycles. The number of anilines is 2. The summed E-state index contributed by atoms with van der Waals surface area (Å²) in [6, 6.07) is 1.81. The van der Waals surface area contributed by atoms with Gasteiger partial charge in [0.2, 0.25) is 5.95 Å². The second kappa shape index (κ2) is 2.59. The van der Waals surface area contributed by atoms with Crippen LogP contribution >= 0.6 is 0 Å². The lowest BCUT2D eigenvalue weighted by Crippen LogP contribution is -2.24. The van der Waals surface area contributed by atoms with E-state index in [2.05, 4.69) is 14.9 Å². The third-order valence-electron chi connectivity index (χ3n) is 3.12. The van der Waals surface area contributed by atoms with Gasteiger partial charge in [0.1, 0.15) is 5.82 Å². The standard InChI is InChI=1S/C10H14N4/c1-6-2-9(11)13-10(12-6)14-4-7-3-8(7)5-14/h2,7-8H,3-5H2,1H3,(H2,11,12,13). The molecule has 1 saturated heterocycles. The molecule has 2 atom stereocenters. The van der Waals surface area contributed by atoms with Crippen molar-refractivity contribution in [1.29, 1.82) is 0 Å². The molecule has 0 aromatic carbocycles. The van der Waals surface area contributed by atoms with Crippen LogP contribution < -0.4 is 10.6 Å². The number of piperidine rings is 1. The zero-order valence-electron chi connectivity index (χ0n) is 8.27. The van der Waals surface area contributed by atoms with Crippen LogP contribution in [-0.2, 0) is 0 Å². The van der Waals surface area contributed by atoms with Gasteiger partial charge >= 0.3 is 0 Å². The summed E-state index contributed by atoms with van der Waals surface area (Å²) >= 11 is 0. The van der Waals surface area contributed by atoms with Crippen LogP contribution in [0.3, 0.4) is 0 Å². The van der Waals surface area contributed by atoms with Crippen molar-refractivity contribution in [2.45, 2.75) is 13.3 Å². The van der Waals surface area contributed by atoms with E-state index < -0.39 is 0 Å². The highest BCUT2D eigenvalue weighted by atomic mass is 15.3. The Kier molecular flexibility index (Phi) is 1.48. The molecule has 0 spiro atoms. The van der Waals surface area contributed by atoms with Crippen molar-refractivity contribution in [3.05, 3.63) is 11.8 Å². The van der Waals surface area contributed by atoms with E-state index in [1.54, 1.807) is 6.07 Å². The highest BCUT2D eigenvalue weighted by Crippen LogP contribution is 2.45. The Hall–Kier alpha value is -1.32. The first-order valence-corrected chi connectivity index (χ1v) is 5.08. The van der Waals surface area contributed by atoms with Gasteiger partial charge in [-0.15, -0.1) is 0 Å². The average molecular weight is 190 g/mol. The fourth-order valence-electron chi connectivity index (χ4n) is 2.28. The Morgan fingerprint density at radius 3 is 2.71 bits per heavy atom. The Morgan fingerprint density at radius 2 is 2.07 bits per heavy atom. The fraction of sp³-hybridized carbons (Fsp3) is 0.600. The molecule has 0 amide bonds. The number of hydrogen-bond acceptors (Lipinski definition) is 4. The zero-order valence-corrected chi connectivity index (χ0v) is 8.27. The lowest BCUT2D eigenvalue weighted by Gasteiger charge is -2.18. The number of nitrogens with zero attached hydrogens (tertiary/aromatic N) is 3. The highest BCUT2D eigenvalue weighted by molar-refractivity contribution is 5.42. The number of fused-ring (bicyclic) bond motifs is 1. The summed E-state index contributed by atoms with van der Waals surface area (Å²) in [4.78, 5) is 10.9. The Labute approximate surface area is 83.1 Å². The third kappa shape index (κ3) is 1.22. The number of nitrogens with two attached hydrogens (primary N) is 1. The molecule has 4 nitrogen and oxygen atoms in total. The molecular formula is C10H14N4. The van der Waals surface area contributed by atoms with E-state index in [4.69, 9.17) is 5.73 Å². The van der Waals surface area contributed by atoms with Crippen molar-refractivity contribution >= 4 is 11.8 Å². The summed E-state index contributed by atoms with van der Waals surface area (Å²) in [5.41, 5.74) is 6.65. The summed E-state index contributed by atoms with van der Waals surface area (Å²) in [6.07, 6.45) is 1.40. The van der Waals surface area contributed by atoms with Crippen LogP contribution in [0.2, 0.25) is 0 Å². The molecule has 0 radical (unpaired) electrons. The normalized spacial score (nSPS) is 29.1. The first-order chi connectivity index (χ1) is 6.72. The largest absolute Gasteiger partial charge is 0.384 e. The highest BCUT2D eigenvalue weighted by Gasteiger charge is 2.45. The minimum atomic E-state index is 0.577. The van der Waals surface area contributed by atoms with Crippen LogP contribution in [0.1, 0.15) is 12.1 Å². The lowest BCUT2D eigenvalue weighted by atomic mass is 10.4. The smallest absolute Gasteiger partial charge is 0.227 e. The van der Waals surface area contributed by atoms with Gasteiger partial charge in [0.15, 0.2) is 0 Å². The zero-order chi connectivity index (χ0) is 9.71. The monoisotopic (exact) mass is 190 g/mol. The molecule has 1 saturated carbocycles. The van der Waals surface area contributed by atoms with Gasteiger partial charge in [-0.3, -0.25) is 0 Å². The van der Waals surface area contributed by atoms with E-state index in [1.165, 1.54) is 6.42 Å². The Bertz CT molecular complexity index is 346. The lowest BCUT2D eigenvalue weighted by molar-refractivity contribution is 0.785. The molecule has 4 heteroatoms. The molecule has 14 heavy (non-hydrogen) atoms. The van der Waals surface area contributed by atoms with Crippen LogP contribution in [0.15, 0.2) is 6.07 Å². The molecule has 2 aliphatic rings. The maximum Gasteiger partial charge on any atom is 0.227 e. The van der Waals surface area contributed by atoms with Gasteiger partial charge in [-0.05, 0) is 25.2 Å². The van der Waals surface area contributed by atoms with E-state index in [0.29, 0.717) is 5.82 Å². The third-order valence-corrected chi connectivity index (χ3v) is 3.12. The van der Waals surface area contributed by atoms with Gasteiger partial charge in [0.25, 0.3) is 0 Å². The predicted octanol–water partition coefficient (Wildman–Crippen LogP) is 0.823. The van der Waals surface area contributed by atoms with Gasteiger partial charge in [-0.2, -0.15) is 4.98 Å². The van der Waals surface area contributed by atoms with E-state index in [-0.39, 0.29) is 0 Å². The van der Waals surface area contributed by atoms with E-state index >= 15 is 0 Å². The van der Waals surface area contributed by atoms with E-state index in [9.17, 15) is 0 Å². The minimum absolute atomic E-state index is 0.577. The molecule has 3 rings (SSSR count). The fourth-order valence-corrected chi connectivity index (χ4v) is 2.28. The molecule has 2 fully saturated rings. The Morgan fingerprint density at radius 1 is 1.36 bits per heavy atom. The quantitative estimate of drug-likeness (QED) is 0.712. The van der Waals surface area contributed by atoms with Gasteiger partial charge < -0.3 is 10.6 Å². The summed E-state index contributed by atoms with van der Waals surface area (Å²) in [5, 5.41) is 0. The number of rotatable bonds is 1. The number of aryl methyl sites for hydroxylation is 1. The summed E-state index contributed by atoms with van der Waals surface area (Å²) in [7, 11) is 0. The summed E-state index contributed by atoms with van der Waals surface area (Å²) < 4.78 is 0. The molecule has 2 N–H and O–H groups in total. The molecule has 0 bridgehead atoms. The number of hydrogen-bond donors (Lipinski definition) is 1. The maximum absolute atomic E-state index is 5.70. The molecule has 1 aliphatic heterocycles. The van der Waals surface area contributed by atoms with Crippen LogP contribution in [0.4, 0.5) is 11.8 Å². The van der Waals surface area contributed by atoms with Crippen molar-refractivity contribution in [3.8, 4) is 0 Å². The van der Waals surface area contributed by atoms with Gasteiger partial charge in [-0.25, -0.2) is 4.98 Å². The van der Waals surface area contributed by atoms with Crippen molar-refractivity contribution in [2.24, 2.45) is 11.8 Å². The van der Waals surface area contributed by atoms with Crippen molar-refractivity contribution < 1.29 is 0 Å². The second-order valence-electron chi connectivity index (χ2n) is 4.40. The molecule has 1 aromatic rings. The topological polar surface area (TPSA) is 55.0 Å². The van der Waals surface area contributed by atoms with Crippen LogP contribution in [-0.4, -0.2) is 23.1 Å². The van der Waals surface area contributed by atoms with Crippen molar-refractivity contribution in [3.63, 3.8) is 0 Å². The Balaban J connectivity index is 1.88. The van der Waals surface area contributed by atoms with Crippen molar-refractivity contribution in [1.82, 2.24) is 9.97 Å². The number of aromatic nitrogens is 2. The molecule has 1 aromatic heterocycles. The predicted molar refractivity (Wildman–Crippen MR) is 55.0 cm³/mol. The van der Waals surface area contributed by atoms with Gasteiger partial charge in [0.05, 0.1) is 0 Å². The minimum Gasteiger partial charge on any atom is -0.384 e. The van der Waals surface area contributed by atoms with E-state index in [0.717, 1.165) is 36.6 Å². The SMILES string of the molecule is Cc1cc(N)nc(N2CC3CC3C2)n1. The molecule has 2 heterocycles. The summed E-state index contributed by atoms with van der Waals surface area (Å²) in [5.74, 6) is 3.20. The molecule has 2 unspecified atom stereocenters.